The van der Waals surface area contributed by atoms with Gasteiger partial charge in [0.2, 0.25) is 6.79 Å². The fourth-order valence-corrected chi connectivity index (χ4v) is 5.40. The van der Waals surface area contributed by atoms with Gasteiger partial charge in [-0.05, 0) is 59.5 Å². The molecule has 1 fully saturated rings. The number of benzene rings is 2. The van der Waals surface area contributed by atoms with Crippen LogP contribution in [0.25, 0.3) is 10.9 Å². The number of rotatable bonds is 10. The smallest absolute Gasteiger partial charge is 0.252 e. The maximum absolute atomic E-state index is 13.2. The summed E-state index contributed by atoms with van der Waals surface area (Å²) in [6, 6.07) is 13.4. The van der Waals surface area contributed by atoms with Gasteiger partial charge in [0, 0.05) is 36.7 Å². The van der Waals surface area contributed by atoms with Crippen molar-refractivity contribution in [2.45, 2.75) is 51.4 Å². The van der Waals surface area contributed by atoms with E-state index < -0.39 is 0 Å². The lowest BCUT2D eigenvalue weighted by Crippen LogP contribution is -2.37. The van der Waals surface area contributed by atoms with Gasteiger partial charge in [-0.15, -0.1) is 5.10 Å². The maximum atomic E-state index is 13.2. The van der Waals surface area contributed by atoms with Gasteiger partial charge in [-0.1, -0.05) is 19.1 Å². The van der Waals surface area contributed by atoms with Crippen molar-refractivity contribution in [3.63, 3.8) is 0 Å². The van der Waals surface area contributed by atoms with Gasteiger partial charge in [-0.25, -0.2) is 4.68 Å². The van der Waals surface area contributed by atoms with Crippen LogP contribution in [0.1, 0.15) is 49.2 Å². The molecule has 0 bridgehead atoms. The molecule has 1 saturated heterocycles. The summed E-state index contributed by atoms with van der Waals surface area (Å²) in [5.74, 6) is 2.88. The zero-order valence-corrected chi connectivity index (χ0v) is 22.1. The van der Waals surface area contributed by atoms with Gasteiger partial charge in [0.25, 0.3) is 5.56 Å². The summed E-state index contributed by atoms with van der Waals surface area (Å²) in [5.41, 5.74) is 2.31. The summed E-state index contributed by atoms with van der Waals surface area (Å²) < 4.78 is 24.2. The number of methoxy groups -OCH3 is 1. The molecule has 1 N–H and O–H groups in total. The number of aromatic nitrogens is 5. The third kappa shape index (κ3) is 5.32. The Bertz CT molecular complexity index is 1490. The van der Waals surface area contributed by atoms with Crippen LogP contribution in [0.3, 0.4) is 0 Å². The van der Waals surface area contributed by atoms with Crippen molar-refractivity contribution in [1.82, 2.24) is 30.1 Å². The van der Waals surface area contributed by atoms with E-state index in [9.17, 15) is 4.79 Å². The first-order valence-corrected chi connectivity index (χ1v) is 13.3. The predicted octanol–water partition coefficient (Wildman–Crippen LogP) is 3.43. The number of nitrogens with zero attached hydrogens (tertiary/aromatic N) is 5. The Balaban J connectivity index is 1.31. The van der Waals surface area contributed by atoms with Gasteiger partial charge >= 0.3 is 0 Å². The van der Waals surface area contributed by atoms with Gasteiger partial charge in [0.1, 0.15) is 5.75 Å². The summed E-state index contributed by atoms with van der Waals surface area (Å²) in [6.07, 6.45) is 2.88. The Kier molecular flexibility index (Phi) is 7.16. The molecular weight excluding hydrogens is 500 g/mol. The number of hydrogen-bond donors (Lipinski definition) is 1. The second kappa shape index (κ2) is 11.0. The first-order valence-electron chi connectivity index (χ1n) is 13.3. The van der Waals surface area contributed by atoms with Crippen LogP contribution in [0.4, 0.5) is 0 Å². The van der Waals surface area contributed by atoms with Crippen molar-refractivity contribution >= 4 is 10.9 Å². The van der Waals surface area contributed by atoms with E-state index >= 15 is 0 Å². The molecule has 204 valence electrons. The second-order valence-electron chi connectivity index (χ2n) is 9.95. The number of fused-ring (bicyclic) bond motifs is 2. The van der Waals surface area contributed by atoms with Crippen LogP contribution in [0.2, 0.25) is 0 Å². The third-order valence-corrected chi connectivity index (χ3v) is 7.43. The van der Waals surface area contributed by atoms with E-state index in [-0.39, 0.29) is 24.5 Å². The molecule has 11 heteroatoms. The fourth-order valence-electron chi connectivity index (χ4n) is 5.40. The molecule has 39 heavy (non-hydrogen) atoms. The molecule has 2 aromatic carbocycles. The molecular formula is C28H32N6O5. The highest BCUT2D eigenvalue weighted by Crippen LogP contribution is 2.35. The summed E-state index contributed by atoms with van der Waals surface area (Å²) in [7, 11) is 1.65. The largest absolute Gasteiger partial charge is 0.497 e. The Hall–Kier alpha value is -3.96. The van der Waals surface area contributed by atoms with E-state index in [0.717, 1.165) is 48.4 Å². The predicted molar refractivity (Wildman–Crippen MR) is 143 cm³/mol. The van der Waals surface area contributed by atoms with Crippen LogP contribution < -0.4 is 19.8 Å². The highest BCUT2D eigenvalue weighted by Gasteiger charge is 2.29. The number of hydrogen-bond acceptors (Lipinski definition) is 9. The summed E-state index contributed by atoms with van der Waals surface area (Å²) >= 11 is 0. The normalized spacial score (nSPS) is 17.3. The van der Waals surface area contributed by atoms with Crippen LogP contribution in [-0.4, -0.2) is 63.2 Å². The van der Waals surface area contributed by atoms with E-state index in [1.807, 2.05) is 47.1 Å². The van der Waals surface area contributed by atoms with Gasteiger partial charge in [-0.3, -0.25) is 9.69 Å². The monoisotopic (exact) mass is 532 g/mol. The Morgan fingerprint density at radius 1 is 1.18 bits per heavy atom. The molecule has 0 aliphatic carbocycles. The highest BCUT2D eigenvalue weighted by atomic mass is 16.7. The minimum Gasteiger partial charge on any atom is -0.497 e. The lowest BCUT2D eigenvalue weighted by molar-refractivity contribution is 0.0489. The van der Waals surface area contributed by atoms with Crippen LogP contribution >= 0.6 is 0 Å². The Morgan fingerprint density at radius 3 is 2.74 bits per heavy atom. The van der Waals surface area contributed by atoms with Crippen LogP contribution in [0.15, 0.2) is 47.3 Å². The number of pyridine rings is 1. The SMILES string of the molecule is CCC(c1nnnn1Cc1ccc(OC)cc1)N(Cc1cc2cc3c(cc2[nH]c1=O)OCO3)CC1CCCO1. The number of nitrogens with one attached hydrogen (secondary N) is 1. The molecule has 0 saturated carbocycles. The van der Waals surface area contributed by atoms with E-state index in [2.05, 4.69) is 32.3 Å². The van der Waals surface area contributed by atoms with Crippen molar-refractivity contribution in [2.75, 3.05) is 27.1 Å². The molecule has 11 nitrogen and oxygen atoms in total. The van der Waals surface area contributed by atoms with Crippen molar-refractivity contribution < 1.29 is 18.9 Å². The molecule has 2 aromatic heterocycles. The van der Waals surface area contributed by atoms with E-state index in [0.29, 0.717) is 42.2 Å². The number of aromatic amines is 1. The first kappa shape index (κ1) is 25.3. The van der Waals surface area contributed by atoms with Crippen molar-refractivity contribution in [3.05, 3.63) is 69.8 Å². The average Bonchev–Trinajstić information content (AvgIpc) is 3.72. The van der Waals surface area contributed by atoms with E-state index in [4.69, 9.17) is 18.9 Å². The quantitative estimate of drug-likeness (QED) is 0.328. The summed E-state index contributed by atoms with van der Waals surface area (Å²) in [5, 5.41) is 13.7. The third-order valence-electron chi connectivity index (χ3n) is 7.43. The minimum absolute atomic E-state index is 0.0957. The van der Waals surface area contributed by atoms with Gasteiger partial charge in [-0.2, -0.15) is 0 Å². The summed E-state index contributed by atoms with van der Waals surface area (Å²) in [4.78, 5) is 18.5. The minimum atomic E-state index is -0.133. The Labute approximate surface area is 225 Å². The van der Waals surface area contributed by atoms with E-state index in [1.165, 1.54) is 0 Å². The van der Waals surface area contributed by atoms with Gasteiger partial charge < -0.3 is 23.9 Å². The molecule has 0 spiro atoms. The zero-order valence-electron chi connectivity index (χ0n) is 22.1. The molecule has 0 radical (unpaired) electrons. The number of tetrazole rings is 1. The molecule has 2 atom stereocenters. The van der Waals surface area contributed by atoms with Crippen LogP contribution in [-0.2, 0) is 17.8 Å². The zero-order chi connectivity index (χ0) is 26.8. The second-order valence-corrected chi connectivity index (χ2v) is 9.95. The Morgan fingerprint density at radius 2 is 2.00 bits per heavy atom. The molecule has 2 aliphatic rings. The molecule has 4 heterocycles. The summed E-state index contributed by atoms with van der Waals surface area (Å²) in [6.45, 7) is 4.68. The number of H-pyrrole nitrogens is 1. The molecule has 4 aromatic rings. The van der Waals surface area contributed by atoms with Crippen LogP contribution in [0.5, 0.6) is 17.2 Å². The van der Waals surface area contributed by atoms with Crippen molar-refractivity contribution in [1.29, 1.82) is 0 Å². The molecule has 6 rings (SSSR count). The molecule has 2 unspecified atom stereocenters. The van der Waals surface area contributed by atoms with Crippen molar-refractivity contribution in [3.8, 4) is 17.2 Å². The van der Waals surface area contributed by atoms with Crippen LogP contribution in [0, 0.1) is 0 Å². The standard InChI is InChI=1S/C28H32N6O5/c1-3-24(27-30-31-32-34(27)14-18-6-8-21(36-2)9-7-18)33(16-22-5-4-10-37-22)15-20-11-19-12-25-26(39-17-38-25)13-23(19)29-28(20)35/h6-9,11-13,22,24H,3-5,10,14-17H2,1-2H3,(H,29,35). The molecule has 0 amide bonds. The first-order chi connectivity index (χ1) is 19.1. The lowest BCUT2D eigenvalue weighted by Gasteiger charge is -2.32. The van der Waals surface area contributed by atoms with E-state index in [1.54, 1.807) is 7.11 Å². The fraction of sp³-hybridized carbons (Fsp3) is 0.429. The number of ether oxygens (including phenoxy) is 4. The molecule has 2 aliphatic heterocycles. The lowest BCUT2D eigenvalue weighted by atomic mass is 10.1. The van der Waals surface area contributed by atoms with Gasteiger partial charge in [0.15, 0.2) is 17.3 Å². The maximum Gasteiger partial charge on any atom is 0.252 e. The van der Waals surface area contributed by atoms with Crippen molar-refractivity contribution in [2.24, 2.45) is 0 Å². The highest BCUT2D eigenvalue weighted by molar-refractivity contribution is 5.83. The topological polar surface area (TPSA) is 117 Å². The average molecular weight is 533 g/mol. The van der Waals surface area contributed by atoms with Gasteiger partial charge in [0.05, 0.1) is 31.3 Å².